The highest BCUT2D eigenvalue weighted by Crippen LogP contribution is 2.47. The van der Waals surface area contributed by atoms with Gasteiger partial charge in [-0.25, -0.2) is 0 Å². The van der Waals surface area contributed by atoms with Gasteiger partial charge in [0.1, 0.15) is 0 Å². The summed E-state index contributed by atoms with van der Waals surface area (Å²) in [4.78, 5) is 1.44. The van der Waals surface area contributed by atoms with Gasteiger partial charge in [-0.2, -0.15) is 0 Å². The zero-order valence-electron chi connectivity index (χ0n) is 12.5. The zero-order chi connectivity index (χ0) is 14.9. The van der Waals surface area contributed by atoms with Gasteiger partial charge >= 0.3 is 0 Å². The second kappa shape index (κ2) is 7.00. The lowest BCUT2D eigenvalue weighted by atomic mass is 9.80. The quantitative estimate of drug-likeness (QED) is 0.656. The highest BCUT2D eigenvalue weighted by molar-refractivity contribution is 9.13. The van der Waals surface area contributed by atoms with E-state index in [1.165, 1.54) is 51.7 Å². The van der Waals surface area contributed by atoms with E-state index in [9.17, 15) is 0 Å². The molecule has 2 nitrogen and oxygen atoms in total. The summed E-state index contributed by atoms with van der Waals surface area (Å²) in [5.41, 5.74) is 0.197. The molecule has 1 saturated carbocycles. The van der Waals surface area contributed by atoms with Crippen molar-refractivity contribution >= 4 is 43.2 Å². The van der Waals surface area contributed by atoms with E-state index in [2.05, 4.69) is 50.2 Å². The van der Waals surface area contributed by atoms with E-state index >= 15 is 0 Å². The molecule has 1 aromatic rings. The van der Waals surface area contributed by atoms with Crippen molar-refractivity contribution < 1.29 is 4.74 Å². The van der Waals surface area contributed by atoms with Gasteiger partial charge in [0.2, 0.25) is 0 Å². The van der Waals surface area contributed by atoms with Gasteiger partial charge in [0.05, 0.1) is 9.39 Å². The van der Waals surface area contributed by atoms with Crippen LogP contribution in [0.1, 0.15) is 56.4 Å². The molecule has 2 unspecified atom stereocenters. The van der Waals surface area contributed by atoms with Crippen LogP contribution in [0.3, 0.4) is 0 Å². The number of halogens is 2. The molecule has 1 aliphatic carbocycles. The first kappa shape index (κ1) is 16.4. The summed E-state index contributed by atoms with van der Waals surface area (Å²) in [7, 11) is 0. The number of nitrogens with one attached hydrogen (secondary N) is 1. The van der Waals surface area contributed by atoms with Crippen molar-refractivity contribution in [2.24, 2.45) is 5.92 Å². The standard InChI is InChI=1S/C16H23Br2NOS/c1-2-19-14(13-9-12(17)15(18)21-13)11-5-8-20-16(10-11)6-3-4-7-16/h9,11,14,19H,2-8,10H2,1H3. The molecule has 1 aliphatic heterocycles. The van der Waals surface area contributed by atoms with Crippen LogP contribution in [0.2, 0.25) is 0 Å². The Morgan fingerprint density at radius 1 is 1.43 bits per heavy atom. The molecule has 1 spiro atoms. The first-order chi connectivity index (χ1) is 10.1. The summed E-state index contributed by atoms with van der Waals surface area (Å²) in [5.74, 6) is 0.689. The van der Waals surface area contributed by atoms with Gasteiger partial charge in [0, 0.05) is 22.0 Å². The smallest absolute Gasteiger partial charge is 0.0843 e. The summed E-state index contributed by atoms with van der Waals surface area (Å²) in [6.07, 6.45) is 7.61. The number of ether oxygens (including phenoxy) is 1. The maximum atomic E-state index is 6.21. The van der Waals surface area contributed by atoms with Crippen molar-refractivity contribution in [2.45, 2.75) is 57.1 Å². The van der Waals surface area contributed by atoms with Crippen molar-refractivity contribution in [1.82, 2.24) is 5.32 Å². The van der Waals surface area contributed by atoms with Crippen molar-refractivity contribution in [3.63, 3.8) is 0 Å². The number of thiophene rings is 1. The maximum absolute atomic E-state index is 6.21. The second-order valence-corrected chi connectivity index (χ2v) is 9.55. The molecule has 1 saturated heterocycles. The predicted octanol–water partition coefficient (Wildman–Crippen LogP) is 5.66. The number of hydrogen-bond acceptors (Lipinski definition) is 3. The summed E-state index contributed by atoms with van der Waals surface area (Å²) in [6, 6.07) is 2.74. The SMILES string of the molecule is CCNC(c1cc(Br)c(Br)s1)C1CCOC2(CCCC2)C1. The molecule has 0 aromatic carbocycles. The Hall–Kier alpha value is 0.580. The van der Waals surface area contributed by atoms with Gasteiger partial charge in [0.25, 0.3) is 0 Å². The minimum Gasteiger partial charge on any atom is -0.375 e. The molecule has 0 radical (unpaired) electrons. The molecule has 2 atom stereocenters. The lowest BCUT2D eigenvalue weighted by molar-refractivity contribution is -0.0979. The maximum Gasteiger partial charge on any atom is 0.0843 e. The molecule has 2 aliphatic rings. The molecular weight excluding hydrogens is 414 g/mol. The number of hydrogen-bond donors (Lipinski definition) is 1. The van der Waals surface area contributed by atoms with Crippen LogP contribution in [0.4, 0.5) is 0 Å². The number of rotatable bonds is 4. The highest BCUT2D eigenvalue weighted by Gasteiger charge is 2.42. The van der Waals surface area contributed by atoms with E-state index in [-0.39, 0.29) is 5.60 Å². The summed E-state index contributed by atoms with van der Waals surface area (Å²) in [6.45, 7) is 4.15. The second-order valence-electron chi connectivity index (χ2n) is 6.30. The van der Waals surface area contributed by atoms with Crippen molar-refractivity contribution in [3.8, 4) is 0 Å². The monoisotopic (exact) mass is 435 g/mol. The van der Waals surface area contributed by atoms with Gasteiger partial charge in [-0.1, -0.05) is 19.8 Å². The Balaban J connectivity index is 1.79. The highest BCUT2D eigenvalue weighted by atomic mass is 79.9. The molecule has 0 amide bonds. The van der Waals surface area contributed by atoms with Crippen LogP contribution < -0.4 is 5.32 Å². The Bertz CT molecular complexity index is 465. The van der Waals surface area contributed by atoms with Crippen molar-refractivity contribution in [2.75, 3.05) is 13.2 Å². The summed E-state index contributed by atoms with van der Waals surface area (Å²) < 4.78 is 8.58. The Morgan fingerprint density at radius 2 is 2.19 bits per heavy atom. The van der Waals surface area contributed by atoms with E-state index in [0.717, 1.165) is 13.2 Å². The molecule has 118 valence electrons. The molecule has 2 heterocycles. The molecule has 2 fully saturated rings. The van der Waals surface area contributed by atoms with Gasteiger partial charge in [-0.15, -0.1) is 11.3 Å². The largest absolute Gasteiger partial charge is 0.375 e. The van der Waals surface area contributed by atoms with Crippen LogP contribution in [0, 0.1) is 5.92 Å². The van der Waals surface area contributed by atoms with Crippen LogP contribution in [0.25, 0.3) is 0 Å². The summed E-state index contributed by atoms with van der Waals surface area (Å²) >= 11 is 9.12. The van der Waals surface area contributed by atoms with Crippen molar-refractivity contribution in [3.05, 3.63) is 19.2 Å². The fourth-order valence-electron chi connectivity index (χ4n) is 3.95. The lowest BCUT2D eigenvalue weighted by Gasteiger charge is -2.41. The zero-order valence-corrected chi connectivity index (χ0v) is 16.4. The predicted molar refractivity (Wildman–Crippen MR) is 96.0 cm³/mol. The average Bonchev–Trinajstić information content (AvgIpc) is 3.04. The van der Waals surface area contributed by atoms with Crippen LogP contribution in [0.5, 0.6) is 0 Å². The van der Waals surface area contributed by atoms with Crippen LogP contribution in [-0.2, 0) is 4.74 Å². The van der Waals surface area contributed by atoms with E-state index in [1.807, 2.05) is 11.3 Å². The molecular formula is C16H23Br2NOS. The van der Waals surface area contributed by atoms with Gasteiger partial charge in [-0.05, 0) is 76.1 Å². The third-order valence-corrected chi connectivity index (χ3v) is 8.25. The normalized spacial score (nSPS) is 26.3. The van der Waals surface area contributed by atoms with E-state index in [0.29, 0.717) is 12.0 Å². The fraction of sp³-hybridized carbons (Fsp3) is 0.750. The lowest BCUT2D eigenvalue weighted by Crippen LogP contribution is -2.41. The molecule has 21 heavy (non-hydrogen) atoms. The molecule has 1 N–H and O–H groups in total. The van der Waals surface area contributed by atoms with Crippen LogP contribution in [0.15, 0.2) is 14.3 Å². The minimum atomic E-state index is 0.197. The Labute approximate surface area is 148 Å². The van der Waals surface area contributed by atoms with E-state index in [1.54, 1.807) is 0 Å². The Morgan fingerprint density at radius 3 is 2.81 bits per heavy atom. The van der Waals surface area contributed by atoms with E-state index < -0.39 is 0 Å². The first-order valence-electron chi connectivity index (χ1n) is 7.95. The van der Waals surface area contributed by atoms with Crippen LogP contribution in [-0.4, -0.2) is 18.8 Å². The molecule has 3 rings (SSSR count). The molecule has 0 bridgehead atoms. The minimum absolute atomic E-state index is 0.197. The molecule has 5 heteroatoms. The average molecular weight is 437 g/mol. The first-order valence-corrected chi connectivity index (χ1v) is 10.4. The fourth-order valence-corrected chi connectivity index (χ4v) is 6.21. The third-order valence-electron chi connectivity index (χ3n) is 4.91. The third kappa shape index (κ3) is 3.57. The van der Waals surface area contributed by atoms with Crippen molar-refractivity contribution in [1.29, 1.82) is 0 Å². The van der Waals surface area contributed by atoms with Crippen LogP contribution >= 0.6 is 43.2 Å². The van der Waals surface area contributed by atoms with Gasteiger partial charge in [-0.3, -0.25) is 0 Å². The summed E-state index contributed by atoms with van der Waals surface area (Å²) in [5, 5.41) is 3.73. The molecule has 1 aromatic heterocycles. The van der Waals surface area contributed by atoms with Gasteiger partial charge in [0.15, 0.2) is 0 Å². The Kier molecular flexibility index (Phi) is 5.48. The van der Waals surface area contributed by atoms with Gasteiger partial charge < -0.3 is 10.1 Å². The van der Waals surface area contributed by atoms with E-state index in [4.69, 9.17) is 4.74 Å². The topological polar surface area (TPSA) is 21.3 Å².